The molecule has 2 heterocycles. The normalized spacial score (nSPS) is 15.3. The van der Waals surface area contributed by atoms with Crippen LogP contribution in [0.5, 0.6) is 0 Å². The van der Waals surface area contributed by atoms with Crippen LogP contribution in [0, 0.1) is 0 Å². The van der Waals surface area contributed by atoms with Crippen molar-refractivity contribution >= 4 is 11.6 Å². The number of likely N-dealkylation sites (N-methyl/N-ethyl adjacent to an activating group) is 1. The highest BCUT2D eigenvalue weighted by Gasteiger charge is 2.18. The van der Waals surface area contributed by atoms with Crippen molar-refractivity contribution in [3.05, 3.63) is 49.1 Å². The summed E-state index contributed by atoms with van der Waals surface area (Å²) in [6, 6.07) is 12.2. The van der Waals surface area contributed by atoms with Crippen LogP contribution < -0.4 is 10.2 Å². The summed E-state index contributed by atoms with van der Waals surface area (Å²) in [7, 11) is 0. The fourth-order valence-electron chi connectivity index (χ4n) is 2.87. The zero-order valence-corrected chi connectivity index (χ0v) is 14.3. The molecule has 0 amide bonds. The number of nitrogens with zero attached hydrogens (tertiary/aromatic N) is 4. The zero-order valence-electron chi connectivity index (χ0n) is 14.3. The molecule has 1 aromatic carbocycles. The molecule has 0 spiro atoms. The summed E-state index contributed by atoms with van der Waals surface area (Å²) >= 11 is 0. The molecule has 1 fully saturated rings. The maximum absolute atomic E-state index is 4.82. The molecule has 0 radical (unpaired) electrons. The quantitative estimate of drug-likeness (QED) is 0.828. The monoisotopic (exact) mass is 323 g/mol. The van der Waals surface area contributed by atoms with Crippen LogP contribution in [-0.4, -0.2) is 54.1 Å². The molecule has 0 bridgehead atoms. The van der Waals surface area contributed by atoms with Gasteiger partial charge in [-0.05, 0) is 6.54 Å². The van der Waals surface area contributed by atoms with E-state index in [2.05, 4.69) is 33.6 Å². The molecular formula is C19H25N5. The number of piperazine rings is 1. The number of nitrogens with one attached hydrogen (secondary N) is 1. The molecule has 1 aliphatic heterocycles. The molecule has 0 saturated carbocycles. The summed E-state index contributed by atoms with van der Waals surface area (Å²) in [5.74, 6) is 2.60. The van der Waals surface area contributed by atoms with Crippen molar-refractivity contribution in [2.24, 2.45) is 0 Å². The Hall–Kier alpha value is -2.40. The average molecular weight is 323 g/mol. The molecule has 1 aromatic heterocycles. The largest absolute Gasteiger partial charge is 0.366 e. The second-order valence-corrected chi connectivity index (χ2v) is 5.89. The topological polar surface area (TPSA) is 44.3 Å². The van der Waals surface area contributed by atoms with Crippen molar-refractivity contribution in [3.63, 3.8) is 0 Å². The van der Waals surface area contributed by atoms with E-state index in [4.69, 9.17) is 4.98 Å². The molecule has 5 nitrogen and oxygen atoms in total. The van der Waals surface area contributed by atoms with Crippen molar-refractivity contribution in [2.45, 2.75) is 6.92 Å². The molecule has 0 aliphatic carbocycles. The highest BCUT2D eigenvalue weighted by molar-refractivity contribution is 5.62. The number of aromatic nitrogens is 2. The second kappa shape index (κ2) is 7.93. The SMILES string of the molecule is C=CCNc1cc(N2CCN(CC)CC2)nc(-c2ccccc2)n1. The van der Waals surface area contributed by atoms with Gasteiger partial charge >= 0.3 is 0 Å². The van der Waals surface area contributed by atoms with Crippen LogP contribution in [0.4, 0.5) is 11.6 Å². The van der Waals surface area contributed by atoms with Crippen molar-refractivity contribution in [1.29, 1.82) is 0 Å². The van der Waals surface area contributed by atoms with Crippen LogP contribution in [0.25, 0.3) is 11.4 Å². The summed E-state index contributed by atoms with van der Waals surface area (Å²) in [6.45, 7) is 11.9. The van der Waals surface area contributed by atoms with Crippen molar-refractivity contribution in [1.82, 2.24) is 14.9 Å². The summed E-state index contributed by atoms with van der Waals surface area (Å²) in [6.07, 6.45) is 1.84. The van der Waals surface area contributed by atoms with Crippen molar-refractivity contribution in [3.8, 4) is 11.4 Å². The third-order valence-electron chi connectivity index (χ3n) is 4.32. The van der Waals surface area contributed by atoms with Gasteiger partial charge in [-0.1, -0.05) is 43.3 Å². The molecule has 2 aromatic rings. The molecule has 0 unspecified atom stereocenters. The van der Waals surface area contributed by atoms with Crippen LogP contribution in [0.3, 0.4) is 0 Å². The minimum absolute atomic E-state index is 0.689. The van der Waals surface area contributed by atoms with Gasteiger partial charge in [0.2, 0.25) is 0 Å². The van der Waals surface area contributed by atoms with E-state index >= 15 is 0 Å². The van der Waals surface area contributed by atoms with Crippen LogP contribution in [0.15, 0.2) is 49.1 Å². The summed E-state index contributed by atoms with van der Waals surface area (Å²) < 4.78 is 0. The van der Waals surface area contributed by atoms with Gasteiger partial charge in [0.15, 0.2) is 5.82 Å². The first-order valence-corrected chi connectivity index (χ1v) is 8.56. The van der Waals surface area contributed by atoms with Gasteiger partial charge in [0.05, 0.1) is 0 Å². The Bertz CT molecular complexity index is 663. The molecule has 24 heavy (non-hydrogen) atoms. The van der Waals surface area contributed by atoms with Gasteiger partial charge < -0.3 is 15.1 Å². The Labute approximate surface area is 144 Å². The molecule has 5 heteroatoms. The van der Waals surface area contributed by atoms with E-state index in [-0.39, 0.29) is 0 Å². The Morgan fingerprint density at radius 1 is 1.12 bits per heavy atom. The first-order chi connectivity index (χ1) is 11.8. The lowest BCUT2D eigenvalue weighted by atomic mass is 10.2. The molecule has 1 aliphatic rings. The van der Waals surface area contributed by atoms with E-state index in [9.17, 15) is 0 Å². The number of hydrogen-bond donors (Lipinski definition) is 1. The van der Waals surface area contributed by atoms with Gasteiger partial charge in [0, 0.05) is 44.4 Å². The number of hydrogen-bond acceptors (Lipinski definition) is 5. The minimum Gasteiger partial charge on any atom is -0.366 e. The smallest absolute Gasteiger partial charge is 0.163 e. The van der Waals surface area contributed by atoms with Crippen LogP contribution >= 0.6 is 0 Å². The standard InChI is InChI=1S/C19H25N5/c1-3-10-20-17-15-18(24-13-11-23(4-2)12-14-24)22-19(21-17)16-8-6-5-7-9-16/h3,5-9,15H,1,4,10-14H2,2H3,(H,20,21,22). The van der Waals surface area contributed by atoms with Crippen LogP contribution in [0.1, 0.15) is 6.92 Å². The van der Waals surface area contributed by atoms with Gasteiger partial charge in [-0.3, -0.25) is 0 Å². The minimum atomic E-state index is 0.689. The molecule has 1 saturated heterocycles. The van der Waals surface area contributed by atoms with Crippen molar-refractivity contribution < 1.29 is 0 Å². The predicted octanol–water partition coefficient (Wildman–Crippen LogP) is 2.88. The lowest BCUT2D eigenvalue weighted by Crippen LogP contribution is -2.46. The summed E-state index contributed by atoms with van der Waals surface area (Å²) in [4.78, 5) is 14.3. The number of anilines is 2. The molecule has 3 rings (SSSR count). The Morgan fingerprint density at radius 2 is 1.88 bits per heavy atom. The van der Waals surface area contributed by atoms with E-state index in [0.29, 0.717) is 6.54 Å². The van der Waals surface area contributed by atoms with Crippen LogP contribution in [0.2, 0.25) is 0 Å². The van der Waals surface area contributed by atoms with E-state index in [1.54, 1.807) is 0 Å². The molecular weight excluding hydrogens is 298 g/mol. The molecule has 1 N–H and O–H groups in total. The highest BCUT2D eigenvalue weighted by atomic mass is 15.3. The third-order valence-corrected chi connectivity index (χ3v) is 4.32. The van der Waals surface area contributed by atoms with Gasteiger partial charge in [0.25, 0.3) is 0 Å². The zero-order chi connectivity index (χ0) is 16.8. The van der Waals surface area contributed by atoms with Gasteiger partial charge in [-0.25, -0.2) is 9.97 Å². The second-order valence-electron chi connectivity index (χ2n) is 5.89. The first-order valence-electron chi connectivity index (χ1n) is 8.56. The van der Waals surface area contributed by atoms with Gasteiger partial charge in [0.1, 0.15) is 11.6 Å². The Morgan fingerprint density at radius 3 is 2.54 bits per heavy atom. The average Bonchev–Trinajstić information content (AvgIpc) is 2.67. The lowest BCUT2D eigenvalue weighted by Gasteiger charge is -2.35. The maximum atomic E-state index is 4.82. The Kier molecular flexibility index (Phi) is 5.43. The summed E-state index contributed by atoms with van der Waals surface area (Å²) in [5, 5.41) is 3.30. The first kappa shape index (κ1) is 16.5. The number of benzene rings is 1. The fourth-order valence-corrected chi connectivity index (χ4v) is 2.87. The number of rotatable bonds is 6. The van der Waals surface area contributed by atoms with E-state index in [1.807, 2.05) is 42.5 Å². The van der Waals surface area contributed by atoms with Gasteiger partial charge in [-0.2, -0.15) is 0 Å². The fraction of sp³-hybridized carbons (Fsp3) is 0.368. The maximum Gasteiger partial charge on any atom is 0.163 e. The predicted molar refractivity (Wildman–Crippen MR) is 100 cm³/mol. The highest BCUT2D eigenvalue weighted by Crippen LogP contribution is 2.23. The molecule has 126 valence electrons. The van der Waals surface area contributed by atoms with E-state index in [0.717, 1.165) is 55.7 Å². The summed E-state index contributed by atoms with van der Waals surface area (Å²) in [5.41, 5.74) is 1.04. The lowest BCUT2D eigenvalue weighted by molar-refractivity contribution is 0.270. The van der Waals surface area contributed by atoms with Crippen molar-refractivity contribution in [2.75, 3.05) is 49.5 Å². The van der Waals surface area contributed by atoms with Gasteiger partial charge in [-0.15, -0.1) is 6.58 Å². The van der Waals surface area contributed by atoms with E-state index in [1.165, 1.54) is 0 Å². The van der Waals surface area contributed by atoms with E-state index < -0.39 is 0 Å². The third kappa shape index (κ3) is 3.92. The Balaban J connectivity index is 1.88. The molecule has 0 atom stereocenters. The van der Waals surface area contributed by atoms with Crippen LogP contribution in [-0.2, 0) is 0 Å².